The molecule has 0 heterocycles. The first kappa shape index (κ1) is 24.1. The van der Waals surface area contributed by atoms with Gasteiger partial charge < -0.3 is 19.7 Å². The molecule has 1 unspecified atom stereocenters. The Bertz CT molecular complexity index is 254. The van der Waals surface area contributed by atoms with Crippen LogP contribution >= 0.6 is 0 Å². The molecule has 0 bridgehead atoms. The number of esters is 2. The normalized spacial score (nSPS) is 11.2. The van der Waals surface area contributed by atoms with E-state index in [1.54, 1.807) is 0 Å². The summed E-state index contributed by atoms with van der Waals surface area (Å²) in [6.07, 6.45) is 6.62. The fourth-order valence-corrected chi connectivity index (χ4v) is 1.71. The monoisotopic (exact) mass is 334 g/mol. The van der Waals surface area contributed by atoms with Gasteiger partial charge in [-0.2, -0.15) is 0 Å². The molecule has 0 saturated heterocycles. The molecule has 0 aliphatic rings. The van der Waals surface area contributed by atoms with Crippen LogP contribution in [0.5, 0.6) is 0 Å². The van der Waals surface area contributed by atoms with Gasteiger partial charge in [0.25, 0.3) is 0 Å². The Hall–Kier alpha value is -1.14. The quantitative estimate of drug-likeness (QED) is 0.421. The zero-order valence-corrected chi connectivity index (χ0v) is 14.9. The second-order valence-corrected chi connectivity index (χ2v) is 5.26. The predicted octanol–water partition coefficient (Wildman–Crippen LogP) is 2.59. The summed E-state index contributed by atoms with van der Waals surface area (Å²) >= 11 is 0. The van der Waals surface area contributed by atoms with Gasteiger partial charge in [0.2, 0.25) is 0 Å². The van der Waals surface area contributed by atoms with Gasteiger partial charge in [-0.05, 0) is 33.6 Å². The molecule has 0 aromatic rings. The molecule has 0 rings (SSSR count). The van der Waals surface area contributed by atoms with Crippen LogP contribution in [0.2, 0.25) is 0 Å². The summed E-state index contributed by atoms with van der Waals surface area (Å²) in [4.78, 5) is 22.1. The molecule has 138 valence electrons. The van der Waals surface area contributed by atoms with Gasteiger partial charge in [-0.1, -0.05) is 25.7 Å². The molecular formula is C17H34O6. The summed E-state index contributed by atoms with van der Waals surface area (Å²) in [7, 11) is 0. The van der Waals surface area contributed by atoms with Crippen LogP contribution in [0.3, 0.4) is 0 Å². The highest BCUT2D eigenvalue weighted by Crippen LogP contribution is 2.09. The lowest BCUT2D eigenvalue weighted by Crippen LogP contribution is -2.03. The van der Waals surface area contributed by atoms with Gasteiger partial charge in [-0.15, -0.1) is 0 Å². The van der Waals surface area contributed by atoms with E-state index in [1.807, 2.05) is 13.8 Å². The van der Waals surface area contributed by atoms with Crippen LogP contribution in [0, 0.1) is 0 Å². The van der Waals surface area contributed by atoms with Crippen LogP contribution in [-0.4, -0.2) is 48.1 Å². The van der Waals surface area contributed by atoms with Gasteiger partial charge in [0.05, 0.1) is 25.9 Å². The van der Waals surface area contributed by atoms with Gasteiger partial charge in [0, 0.05) is 12.8 Å². The Kier molecular flexibility index (Phi) is 19.8. The Balaban J connectivity index is 0. The molecule has 0 aliphatic heterocycles. The van der Waals surface area contributed by atoms with E-state index in [1.165, 1.54) is 6.92 Å². The Morgan fingerprint density at radius 3 is 1.39 bits per heavy atom. The number of aliphatic hydroxyl groups is 2. The van der Waals surface area contributed by atoms with E-state index in [0.29, 0.717) is 26.1 Å². The highest BCUT2D eigenvalue weighted by atomic mass is 16.5. The zero-order valence-electron chi connectivity index (χ0n) is 14.9. The van der Waals surface area contributed by atoms with Gasteiger partial charge in [-0.25, -0.2) is 0 Å². The van der Waals surface area contributed by atoms with Crippen LogP contribution in [0.4, 0.5) is 0 Å². The van der Waals surface area contributed by atoms with Crippen LogP contribution < -0.4 is 0 Å². The summed E-state index contributed by atoms with van der Waals surface area (Å²) in [5, 5.41) is 16.0. The van der Waals surface area contributed by atoms with E-state index < -0.39 is 6.10 Å². The summed E-state index contributed by atoms with van der Waals surface area (Å²) in [6, 6.07) is 0. The topological polar surface area (TPSA) is 93.1 Å². The van der Waals surface area contributed by atoms with Gasteiger partial charge in [-0.3, -0.25) is 9.59 Å². The lowest BCUT2D eigenvalue weighted by molar-refractivity contribution is -0.144. The maximum atomic E-state index is 11.0. The zero-order chi connectivity index (χ0) is 17.9. The molecule has 0 aliphatic carbocycles. The molecule has 0 aromatic heterocycles. The Labute approximate surface area is 140 Å². The fraction of sp³-hybridized carbons (Fsp3) is 0.882. The largest absolute Gasteiger partial charge is 0.466 e. The SMILES string of the molecule is CC(O)CO.CCOC(=O)CCCCCCCCC(=O)OCC. The molecule has 0 aromatic carbocycles. The summed E-state index contributed by atoms with van der Waals surface area (Å²) < 4.78 is 9.69. The maximum absolute atomic E-state index is 11.0. The van der Waals surface area contributed by atoms with Crippen molar-refractivity contribution in [3.63, 3.8) is 0 Å². The highest BCUT2D eigenvalue weighted by Gasteiger charge is 2.02. The van der Waals surface area contributed by atoms with Crippen molar-refractivity contribution < 1.29 is 29.3 Å². The lowest BCUT2D eigenvalue weighted by atomic mass is 10.1. The van der Waals surface area contributed by atoms with Gasteiger partial charge in [0.1, 0.15) is 0 Å². The maximum Gasteiger partial charge on any atom is 0.305 e. The molecule has 1 atom stereocenters. The van der Waals surface area contributed by atoms with Crippen molar-refractivity contribution in [1.82, 2.24) is 0 Å². The van der Waals surface area contributed by atoms with Crippen molar-refractivity contribution in [3.8, 4) is 0 Å². The first-order valence-electron chi connectivity index (χ1n) is 8.58. The van der Waals surface area contributed by atoms with Crippen molar-refractivity contribution in [1.29, 1.82) is 0 Å². The van der Waals surface area contributed by atoms with Crippen molar-refractivity contribution in [2.45, 2.75) is 78.2 Å². The van der Waals surface area contributed by atoms with Crippen LogP contribution in [0.15, 0.2) is 0 Å². The standard InChI is InChI=1S/C14H26O4.C3H8O2/c1-3-17-13(15)11-9-7-5-6-8-10-12-14(16)18-4-2;1-3(5)2-4/h3-12H2,1-2H3;3-5H,2H2,1H3. The average molecular weight is 334 g/mol. The minimum absolute atomic E-state index is 0.0974. The first-order chi connectivity index (χ1) is 11.0. The smallest absolute Gasteiger partial charge is 0.305 e. The van der Waals surface area contributed by atoms with Crippen molar-refractivity contribution in [2.75, 3.05) is 19.8 Å². The number of hydrogen-bond donors (Lipinski definition) is 2. The number of ether oxygens (including phenoxy) is 2. The number of carbonyl (C=O) groups excluding carboxylic acids is 2. The number of hydrogen-bond acceptors (Lipinski definition) is 6. The predicted molar refractivity (Wildman–Crippen MR) is 89.0 cm³/mol. The molecule has 0 fully saturated rings. The summed E-state index contributed by atoms with van der Waals surface area (Å²) in [5.74, 6) is -0.195. The molecule has 0 amide bonds. The molecular weight excluding hydrogens is 300 g/mol. The number of unbranched alkanes of at least 4 members (excludes halogenated alkanes) is 5. The van der Waals surface area contributed by atoms with Crippen LogP contribution in [0.1, 0.15) is 72.1 Å². The van der Waals surface area contributed by atoms with E-state index in [2.05, 4.69) is 0 Å². The molecule has 0 saturated carbocycles. The summed E-state index contributed by atoms with van der Waals surface area (Å²) in [5.41, 5.74) is 0. The van der Waals surface area contributed by atoms with Gasteiger partial charge in [0.15, 0.2) is 0 Å². The van der Waals surface area contributed by atoms with E-state index in [0.717, 1.165) is 38.5 Å². The number of aliphatic hydroxyl groups excluding tert-OH is 2. The third-order valence-electron chi connectivity index (χ3n) is 2.89. The minimum Gasteiger partial charge on any atom is -0.466 e. The molecule has 2 N–H and O–H groups in total. The second kappa shape index (κ2) is 18.9. The highest BCUT2D eigenvalue weighted by molar-refractivity contribution is 5.69. The van der Waals surface area contributed by atoms with E-state index in [9.17, 15) is 9.59 Å². The fourth-order valence-electron chi connectivity index (χ4n) is 1.71. The van der Waals surface area contributed by atoms with Crippen molar-refractivity contribution in [3.05, 3.63) is 0 Å². The number of rotatable bonds is 12. The van der Waals surface area contributed by atoms with Gasteiger partial charge >= 0.3 is 11.9 Å². The van der Waals surface area contributed by atoms with E-state index in [4.69, 9.17) is 19.7 Å². The molecule has 6 nitrogen and oxygen atoms in total. The average Bonchev–Trinajstić information content (AvgIpc) is 2.51. The van der Waals surface area contributed by atoms with Crippen LogP contribution in [0.25, 0.3) is 0 Å². The minimum atomic E-state index is -0.560. The Morgan fingerprint density at radius 2 is 1.13 bits per heavy atom. The summed E-state index contributed by atoms with van der Waals surface area (Å²) in [6.45, 7) is 5.96. The van der Waals surface area contributed by atoms with Crippen molar-refractivity contribution >= 4 is 11.9 Å². The molecule has 6 heteroatoms. The molecule has 0 radical (unpaired) electrons. The van der Waals surface area contributed by atoms with Crippen molar-refractivity contribution in [2.24, 2.45) is 0 Å². The van der Waals surface area contributed by atoms with Crippen LogP contribution in [-0.2, 0) is 19.1 Å². The third-order valence-corrected chi connectivity index (χ3v) is 2.89. The van der Waals surface area contributed by atoms with E-state index in [-0.39, 0.29) is 18.5 Å². The molecule has 23 heavy (non-hydrogen) atoms. The third kappa shape index (κ3) is 23.3. The Morgan fingerprint density at radius 1 is 0.826 bits per heavy atom. The number of carbonyl (C=O) groups is 2. The second-order valence-electron chi connectivity index (χ2n) is 5.26. The first-order valence-corrected chi connectivity index (χ1v) is 8.58. The molecule has 0 spiro atoms. The van der Waals surface area contributed by atoms with E-state index >= 15 is 0 Å². The lowest BCUT2D eigenvalue weighted by Gasteiger charge is -2.03.